The highest BCUT2D eigenvalue weighted by Crippen LogP contribution is 2.36. The van der Waals surface area contributed by atoms with Gasteiger partial charge in [0.25, 0.3) is 5.91 Å². The van der Waals surface area contributed by atoms with E-state index in [1.807, 2.05) is 30.3 Å². The number of nitrogens with zero attached hydrogens (tertiary/aromatic N) is 4. The molecule has 0 atom stereocenters. The lowest BCUT2D eigenvalue weighted by molar-refractivity contribution is -0.137. The van der Waals surface area contributed by atoms with Crippen molar-refractivity contribution in [3.63, 3.8) is 0 Å². The van der Waals surface area contributed by atoms with Crippen LogP contribution in [0, 0.1) is 11.3 Å². The molecule has 2 aromatic heterocycles. The molecular weight excluding hydrogens is 469 g/mol. The van der Waals surface area contributed by atoms with Gasteiger partial charge in [0, 0.05) is 36.3 Å². The second-order valence-corrected chi connectivity index (χ2v) is 7.64. The van der Waals surface area contributed by atoms with Crippen molar-refractivity contribution < 1.29 is 18.0 Å². The molecule has 2 aromatic carbocycles. The van der Waals surface area contributed by atoms with E-state index in [0.29, 0.717) is 23.2 Å². The lowest BCUT2D eigenvalue weighted by atomic mass is 9.95. The summed E-state index contributed by atoms with van der Waals surface area (Å²) in [5.74, 6) is -0.491. The highest BCUT2D eigenvalue weighted by molar-refractivity contribution is 6.08. The number of nitrogens with one attached hydrogen (secondary N) is 1. The molecule has 36 heavy (non-hydrogen) atoms. The lowest BCUT2D eigenvalue weighted by Gasteiger charge is -2.16. The zero-order valence-electron chi connectivity index (χ0n) is 18.9. The van der Waals surface area contributed by atoms with E-state index in [9.17, 15) is 23.2 Å². The van der Waals surface area contributed by atoms with E-state index in [4.69, 9.17) is 5.73 Å². The van der Waals surface area contributed by atoms with Crippen molar-refractivity contribution in [3.8, 4) is 17.3 Å². The predicted octanol–water partition coefficient (Wildman–Crippen LogP) is 5.14. The van der Waals surface area contributed by atoms with Crippen LogP contribution >= 0.6 is 0 Å². The number of allylic oxidation sites excluding steroid dienone is 1. The van der Waals surface area contributed by atoms with Crippen LogP contribution in [0.4, 0.5) is 19.0 Å². The molecule has 0 aliphatic carbocycles. The van der Waals surface area contributed by atoms with E-state index in [0.717, 1.165) is 11.6 Å². The maximum atomic E-state index is 13.8. The number of benzene rings is 2. The molecule has 10 heteroatoms. The number of fused-ring (bicyclic) bond motifs is 1. The monoisotopic (exact) mass is 488 g/mol. The second-order valence-electron chi connectivity index (χ2n) is 7.64. The van der Waals surface area contributed by atoms with Crippen molar-refractivity contribution in [3.05, 3.63) is 95.2 Å². The molecule has 0 radical (unpaired) electrons. The Morgan fingerprint density at radius 1 is 1.14 bits per heavy atom. The number of pyridine rings is 1. The van der Waals surface area contributed by atoms with Crippen LogP contribution in [0.5, 0.6) is 0 Å². The smallest absolute Gasteiger partial charge is 0.398 e. The van der Waals surface area contributed by atoms with Gasteiger partial charge in [0.2, 0.25) is 0 Å². The number of nitrogens with two attached hydrogens (primary N) is 1. The van der Waals surface area contributed by atoms with Gasteiger partial charge in [-0.2, -0.15) is 18.4 Å². The van der Waals surface area contributed by atoms with Crippen molar-refractivity contribution in [1.29, 1.82) is 5.26 Å². The van der Waals surface area contributed by atoms with Crippen LogP contribution in [-0.2, 0) is 6.18 Å². The van der Waals surface area contributed by atoms with Crippen LogP contribution < -0.4 is 11.1 Å². The maximum Gasteiger partial charge on any atom is 0.417 e. The average molecular weight is 488 g/mol. The van der Waals surface area contributed by atoms with E-state index in [2.05, 4.69) is 15.3 Å². The SMILES string of the molecule is CN=CC=C(N)c1cc(C(=O)Nc2c(-c3ccccc3)nc3ccccn23)c(C#N)cc1C(F)(F)F. The average Bonchev–Trinajstić information content (AvgIpc) is 3.24. The molecule has 0 saturated heterocycles. The number of carbonyl (C=O) groups excluding carboxylic acids is 1. The molecule has 2 heterocycles. The summed E-state index contributed by atoms with van der Waals surface area (Å²) < 4.78 is 42.9. The zero-order chi connectivity index (χ0) is 25.9. The fourth-order valence-electron chi connectivity index (χ4n) is 3.69. The minimum Gasteiger partial charge on any atom is -0.398 e. The highest BCUT2D eigenvalue weighted by Gasteiger charge is 2.35. The summed E-state index contributed by atoms with van der Waals surface area (Å²) in [6, 6.07) is 17.7. The van der Waals surface area contributed by atoms with E-state index in [1.165, 1.54) is 19.3 Å². The van der Waals surface area contributed by atoms with Crippen LogP contribution in [0.3, 0.4) is 0 Å². The van der Waals surface area contributed by atoms with Crippen molar-refractivity contribution >= 4 is 29.3 Å². The van der Waals surface area contributed by atoms with Crippen LogP contribution in [0.25, 0.3) is 22.6 Å². The number of hydrogen-bond acceptors (Lipinski definition) is 5. The minimum absolute atomic E-state index is 0.258. The Hall–Kier alpha value is -4.91. The van der Waals surface area contributed by atoms with Crippen LogP contribution in [-0.4, -0.2) is 28.6 Å². The zero-order valence-corrected chi connectivity index (χ0v) is 18.9. The number of carbonyl (C=O) groups is 1. The van der Waals surface area contributed by atoms with E-state index in [1.54, 1.807) is 34.9 Å². The summed E-state index contributed by atoms with van der Waals surface area (Å²) >= 11 is 0. The van der Waals surface area contributed by atoms with Gasteiger partial charge in [-0.05, 0) is 30.3 Å². The van der Waals surface area contributed by atoms with Gasteiger partial charge in [-0.25, -0.2) is 4.98 Å². The minimum atomic E-state index is -4.81. The number of aromatic nitrogens is 2. The molecule has 1 amide bonds. The molecule has 3 N–H and O–H groups in total. The van der Waals surface area contributed by atoms with E-state index in [-0.39, 0.29) is 11.3 Å². The Labute approximate surface area is 204 Å². The topological polar surface area (TPSA) is 109 Å². The third kappa shape index (κ3) is 4.67. The molecule has 180 valence electrons. The first kappa shape index (κ1) is 24.2. The van der Waals surface area contributed by atoms with Crippen LogP contribution in [0.1, 0.15) is 27.0 Å². The van der Waals surface area contributed by atoms with Gasteiger partial charge in [0.05, 0.1) is 22.8 Å². The number of amides is 1. The number of hydrogen-bond donors (Lipinski definition) is 2. The molecule has 4 rings (SSSR count). The highest BCUT2D eigenvalue weighted by atomic mass is 19.4. The van der Waals surface area contributed by atoms with Gasteiger partial charge in [0.15, 0.2) is 0 Å². The largest absolute Gasteiger partial charge is 0.417 e. The van der Waals surface area contributed by atoms with Gasteiger partial charge >= 0.3 is 6.18 Å². The normalized spacial score (nSPS) is 12.1. The molecule has 0 fully saturated rings. The fraction of sp³-hybridized carbons (Fsp3) is 0.0769. The quantitative estimate of drug-likeness (QED) is 0.379. The molecule has 0 saturated carbocycles. The summed E-state index contributed by atoms with van der Waals surface area (Å²) in [6.07, 6.45) is -0.688. The molecule has 7 nitrogen and oxygen atoms in total. The Morgan fingerprint density at radius 3 is 2.53 bits per heavy atom. The van der Waals surface area contributed by atoms with Gasteiger partial charge in [0.1, 0.15) is 17.2 Å². The van der Waals surface area contributed by atoms with Crippen molar-refractivity contribution in [2.75, 3.05) is 12.4 Å². The summed E-state index contributed by atoms with van der Waals surface area (Å²) in [6.45, 7) is 0. The maximum absolute atomic E-state index is 13.8. The third-order valence-electron chi connectivity index (χ3n) is 5.35. The number of imidazole rings is 1. The molecule has 0 spiro atoms. The Kier molecular flexibility index (Phi) is 6.56. The third-order valence-corrected chi connectivity index (χ3v) is 5.35. The van der Waals surface area contributed by atoms with E-state index < -0.39 is 28.8 Å². The van der Waals surface area contributed by atoms with Crippen molar-refractivity contribution in [2.24, 2.45) is 10.7 Å². The van der Waals surface area contributed by atoms with Crippen molar-refractivity contribution in [1.82, 2.24) is 9.38 Å². The van der Waals surface area contributed by atoms with Crippen LogP contribution in [0.15, 0.2) is 77.9 Å². The van der Waals surface area contributed by atoms with Gasteiger partial charge < -0.3 is 11.1 Å². The lowest BCUT2D eigenvalue weighted by Crippen LogP contribution is -2.19. The molecular formula is C26H19F3N6O. The number of anilines is 1. The number of nitriles is 1. The summed E-state index contributed by atoms with van der Waals surface area (Å²) in [7, 11) is 1.44. The Balaban J connectivity index is 1.87. The molecule has 0 bridgehead atoms. The standard InChI is InChI=1S/C26H19F3N6O/c1-32-11-10-21(31)19-14-18(17(15-30)13-20(19)26(27,28)29)25(36)34-24-23(16-7-3-2-4-8-16)33-22-9-5-6-12-35(22)24/h2-14H,31H2,1H3,(H,34,36). The molecule has 0 aliphatic rings. The Morgan fingerprint density at radius 2 is 1.86 bits per heavy atom. The second kappa shape index (κ2) is 9.76. The van der Waals surface area contributed by atoms with Crippen LogP contribution in [0.2, 0.25) is 0 Å². The number of halogens is 3. The van der Waals surface area contributed by atoms with Gasteiger partial charge in [-0.1, -0.05) is 36.4 Å². The predicted molar refractivity (Wildman–Crippen MR) is 131 cm³/mol. The van der Waals surface area contributed by atoms with Gasteiger partial charge in [-0.15, -0.1) is 0 Å². The fourth-order valence-corrected chi connectivity index (χ4v) is 3.69. The Bertz CT molecular complexity index is 1550. The van der Waals surface area contributed by atoms with Gasteiger partial charge in [-0.3, -0.25) is 14.2 Å². The first-order valence-corrected chi connectivity index (χ1v) is 10.6. The number of alkyl halides is 3. The molecule has 4 aromatic rings. The number of rotatable bonds is 5. The summed E-state index contributed by atoms with van der Waals surface area (Å²) in [5.41, 5.74) is 5.07. The molecule has 0 unspecified atom stereocenters. The summed E-state index contributed by atoms with van der Waals surface area (Å²) in [4.78, 5) is 21.7. The number of aliphatic imine (C=N–C) groups is 1. The van der Waals surface area contributed by atoms with Crippen molar-refractivity contribution in [2.45, 2.75) is 6.18 Å². The first-order chi connectivity index (χ1) is 17.2. The molecule has 0 aliphatic heterocycles. The van der Waals surface area contributed by atoms with E-state index >= 15 is 0 Å². The first-order valence-electron chi connectivity index (χ1n) is 10.6. The summed E-state index contributed by atoms with van der Waals surface area (Å²) in [5, 5.41) is 12.3.